The highest BCUT2D eigenvalue weighted by atomic mass is 16.1. The van der Waals surface area contributed by atoms with Crippen molar-refractivity contribution in [2.75, 3.05) is 0 Å². The first-order chi connectivity index (χ1) is 8.84. The summed E-state index contributed by atoms with van der Waals surface area (Å²) in [5, 5.41) is 3.15. The summed E-state index contributed by atoms with van der Waals surface area (Å²) in [5.41, 5.74) is 1.16. The Morgan fingerprint density at radius 2 is 2.06 bits per heavy atom. The molecule has 2 aliphatic rings. The van der Waals surface area contributed by atoms with Crippen molar-refractivity contribution < 1.29 is 4.79 Å². The third kappa shape index (κ3) is 2.26. The van der Waals surface area contributed by atoms with Crippen molar-refractivity contribution in [2.24, 2.45) is 5.92 Å². The SMILES string of the molecule is O=C1CC[C@H]([C@H](c2ccccn2)C2CCCC2)N1. The molecule has 3 nitrogen and oxygen atoms in total. The average Bonchev–Trinajstić information content (AvgIpc) is 3.04. The molecular weight excluding hydrogens is 224 g/mol. The number of nitrogens with zero attached hydrogens (tertiary/aromatic N) is 1. The summed E-state index contributed by atoms with van der Waals surface area (Å²) in [6.45, 7) is 0. The van der Waals surface area contributed by atoms with Crippen molar-refractivity contribution in [3.8, 4) is 0 Å². The molecule has 1 amide bonds. The number of rotatable bonds is 3. The van der Waals surface area contributed by atoms with Crippen LogP contribution >= 0.6 is 0 Å². The van der Waals surface area contributed by atoms with E-state index in [1.165, 1.54) is 25.7 Å². The van der Waals surface area contributed by atoms with Gasteiger partial charge in [0.15, 0.2) is 0 Å². The lowest BCUT2D eigenvalue weighted by Crippen LogP contribution is -2.35. The summed E-state index contributed by atoms with van der Waals surface area (Å²) in [6, 6.07) is 6.44. The predicted octanol–water partition coefficient (Wildman–Crippen LogP) is 2.63. The maximum absolute atomic E-state index is 11.5. The number of carbonyl (C=O) groups is 1. The minimum absolute atomic E-state index is 0.207. The zero-order valence-electron chi connectivity index (χ0n) is 10.6. The van der Waals surface area contributed by atoms with E-state index < -0.39 is 0 Å². The van der Waals surface area contributed by atoms with Crippen LogP contribution in [0.25, 0.3) is 0 Å². The molecule has 1 saturated heterocycles. The third-order valence-corrected chi connectivity index (χ3v) is 4.40. The number of carbonyl (C=O) groups excluding carboxylic acids is 1. The quantitative estimate of drug-likeness (QED) is 0.888. The molecule has 2 atom stereocenters. The van der Waals surface area contributed by atoms with Crippen molar-refractivity contribution in [3.05, 3.63) is 30.1 Å². The second-order valence-electron chi connectivity index (χ2n) is 5.54. The monoisotopic (exact) mass is 244 g/mol. The van der Waals surface area contributed by atoms with Crippen LogP contribution in [-0.4, -0.2) is 16.9 Å². The maximum atomic E-state index is 11.5. The van der Waals surface area contributed by atoms with Gasteiger partial charge in [-0.2, -0.15) is 0 Å². The van der Waals surface area contributed by atoms with Gasteiger partial charge in [-0.05, 0) is 37.3 Å². The van der Waals surface area contributed by atoms with Crippen LogP contribution < -0.4 is 5.32 Å². The van der Waals surface area contributed by atoms with Crippen molar-refractivity contribution in [1.82, 2.24) is 10.3 Å². The normalized spacial score (nSPS) is 26.2. The number of hydrogen-bond donors (Lipinski definition) is 1. The minimum Gasteiger partial charge on any atom is -0.353 e. The molecule has 3 heteroatoms. The van der Waals surface area contributed by atoms with Crippen molar-refractivity contribution in [1.29, 1.82) is 0 Å². The lowest BCUT2D eigenvalue weighted by Gasteiger charge is -2.28. The second kappa shape index (κ2) is 5.09. The second-order valence-corrected chi connectivity index (χ2v) is 5.54. The molecule has 1 aliphatic heterocycles. The van der Waals surface area contributed by atoms with Gasteiger partial charge in [0.25, 0.3) is 0 Å². The van der Waals surface area contributed by atoms with Gasteiger partial charge in [0.2, 0.25) is 5.91 Å². The van der Waals surface area contributed by atoms with E-state index in [1.807, 2.05) is 12.3 Å². The summed E-state index contributed by atoms with van der Waals surface area (Å²) in [5.74, 6) is 1.32. The highest BCUT2D eigenvalue weighted by molar-refractivity contribution is 5.78. The third-order valence-electron chi connectivity index (χ3n) is 4.40. The summed E-state index contributed by atoms with van der Waals surface area (Å²) >= 11 is 0. The van der Waals surface area contributed by atoms with E-state index >= 15 is 0 Å². The summed E-state index contributed by atoms with van der Waals surface area (Å²) in [6.07, 6.45) is 8.75. The fourth-order valence-electron chi connectivity index (χ4n) is 3.57. The van der Waals surface area contributed by atoms with Gasteiger partial charge in [-0.25, -0.2) is 0 Å². The number of amides is 1. The smallest absolute Gasteiger partial charge is 0.220 e. The van der Waals surface area contributed by atoms with Gasteiger partial charge in [-0.3, -0.25) is 9.78 Å². The van der Waals surface area contributed by atoms with Gasteiger partial charge in [0.1, 0.15) is 0 Å². The van der Waals surface area contributed by atoms with E-state index in [0.29, 0.717) is 24.3 Å². The Morgan fingerprint density at radius 1 is 1.22 bits per heavy atom. The molecule has 1 N–H and O–H groups in total. The molecule has 1 aliphatic carbocycles. The molecule has 0 unspecified atom stereocenters. The molecule has 3 rings (SSSR count). The van der Waals surface area contributed by atoms with Gasteiger partial charge < -0.3 is 5.32 Å². The molecule has 0 bridgehead atoms. The van der Waals surface area contributed by atoms with Crippen LogP contribution in [0.1, 0.15) is 50.1 Å². The Bertz CT molecular complexity index is 412. The largest absolute Gasteiger partial charge is 0.353 e. The number of pyridine rings is 1. The Hall–Kier alpha value is -1.38. The molecule has 96 valence electrons. The summed E-state index contributed by atoms with van der Waals surface area (Å²) in [7, 11) is 0. The zero-order chi connectivity index (χ0) is 12.4. The van der Waals surface area contributed by atoms with Crippen molar-refractivity contribution >= 4 is 5.91 Å². The predicted molar refractivity (Wildman–Crippen MR) is 70.1 cm³/mol. The summed E-state index contributed by atoms with van der Waals surface area (Å²) in [4.78, 5) is 16.0. The fourth-order valence-corrected chi connectivity index (χ4v) is 3.57. The van der Waals surface area contributed by atoms with Gasteiger partial charge >= 0.3 is 0 Å². The highest BCUT2D eigenvalue weighted by Gasteiger charge is 2.36. The molecule has 1 aromatic rings. The standard InChI is InChI=1S/C15H20N2O/c18-14-9-8-13(17-14)15(11-5-1-2-6-11)12-7-3-4-10-16-12/h3-4,7,10-11,13,15H,1-2,5-6,8-9H2,(H,17,18)/t13-,15+/m1/s1. The Balaban J connectivity index is 1.85. The fraction of sp³-hybridized carbons (Fsp3) is 0.600. The Labute approximate surface area is 108 Å². The van der Waals surface area contributed by atoms with E-state index in [0.717, 1.165) is 12.1 Å². The van der Waals surface area contributed by atoms with E-state index in [4.69, 9.17) is 0 Å². The van der Waals surface area contributed by atoms with Gasteiger partial charge in [0.05, 0.1) is 0 Å². The number of aromatic nitrogens is 1. The first-order valence-corrected chi connectivity index (χ1v) is 7.05. The van der Waals surface area contributed by atoms with E-state index in [1.54, 1.807) is 0 Å². The molecular formula is C15H20N2O. The van der Waals surface area contributed by atoms with E-state index in [2.05, 4.69) is 22.4 Å². The Morgan fingerprint density at radius 3 is 2.67 bits per heavy atom. The molecule has 0 aromatic carbocycles. The lowest BCUT2D eigenvalue weighted by atomic mass is 9.81. The molecule has 1 aromatic heterocycles. The van der Waals surface area contributed by atoms with Crippen LogP contribution in [0.5, 0.6) is 0 Å². The van der Waals surface area contributed by atoms with Crippen LogP contribution in [-0.2, 0) is 4.79 Å². The highest BCUT2D eigenvalue weighted by Crippen LogP contribution is 2.40. The summed E-state index contributed by atoms with van der Waals surface area (Å²) < 4.78 is 0. The Kier molecular flexibility index (Phi) is 3.31. The van der Waals surface area contributed by atoms with E-state index in [9.17, 15) is 4.79 Å². The van der Waals surface area contributed by atoms with Crippen LogP contribution in [0.3, 0.4) is 0 Å². The van der Waals surface area contributed by atoms with Crippen LogP contribution in [0.4, 0.5) is 0 Å². The van der Waals surface area contributed by atoms with Crippen LogP contribution in [0, 0.1) is 5.92 Å². The van der Waals surface area contributed by atoms with Crippen molar-refractivity contribution in [3.63, 3.8) is 0 Å². The lowest BCUT2D eigenvalue weighted by molar-refractivity contribution is -0.119. The maximum Gasteiger partial charge on any atom is 0.220 e. The molecule has 2 heterocycles. The minimum atomic E-state index is 0.207. The van der Waals surface area contributed by atoms with Gasteiger partial charge in [0, 0.05) is 30.3 Å². The number of nitrogens with one attached hydrogen (secondary N) is 1. The molecule has 18 heavy (non-hydrogen) atoms. The molecule has 0 spiro atoms. The van der Waals surface area contributed by atoms with Gasteiger partial charge in [-0.1, -0.05) is 18.9 Å². The topological polar surface area (TPSA) is 42.0 Å². The first-order valence-electron chi connectivity index (χ1n) is 7.05. The molecule has 1 saturated carbocycles. The first kappa shape index (κ1) is 11.7. The zero-order valence-corrected chi connectivity index (χ0v) is 10.6. The van der Waals surface area contributed by atoms with Crippen LogP contribution in [0.2, 0.25) is 0 Å². The van der Waals surface area contributed by atoms with Crippen molar-refractivity contribution in [2.45, 2.75) is 50.5 Å². The van der Waals surface area contributed by atoms with E-state index in [-0.39, 0.29) is 5.91 Å². The van der Waals surface area contributed by atoms with Crippen LogP contribution in [0.15, 0.2) is 24.4 Å². The average molecular weight is 244 g/mol. The van der Waals surface area contributed by atoms with Gasteiger partial charge in [-0.15, -0.1) is 0 Å². The molecule has 0 radical (unpaired) electrons. The molecule has 2 fully saturated rings. The number of hydrogen-bond acceptors (Lipinski definition) is 2.